The lowest BCUT2D eigenvalue weighted by Crippen LogP contribution is -2.56. The molecule has 0 bridgehead atoms. The maximum absolute atomic E-state index is 12.9. The summed E-state index contributed by atoms with van der Waals surface area (Å²) in [6.07, 6.45) is 8.75. The van der Waals surface area contributed by atoms with Crippen LogP contribution in [0.5, 0.6) is 0 Å². The van der Waals surface area contributed by atoms with Gasteiger partial charge in [0.05, 0.1) is 5.25 Å². The van der Waals surface area contributed by atoms with Gasteiger partial charge in [-0.25, -0.2) is 8.42 Å². The average molecular weight is 288 g/mol. The molecule has 2 aliphatic carbocycles. The van der Waals surface area contributed by atoms with E-state index in [1.165, 1.54) is 0 Å². The molecule has 0 atom stereocenters. The molecular formula is C14H28N2O2S. The standard InChI is InChI=1S/C14H28N2O2S/c1-2-11-16(14(12-15)9-5-6-10-14)19(17,18)13-7-3-4-8-13/h13H,2-12,15H2,1H3. The largest absolute Gasteiger partial charge is 0.329 e. The Morgan fingerprint density at radius 2 is 1.74 bits per heavy atom. The molecule has 2 aliphatic rings. The van der Waals surface area contributed by atoms with Crippen molar-refractivity contribution in [2.45, 2.75) is 75.5 Å². The minimum absolute atomic E-state index is 0.150. The van der Waals surface area contributed by atoms with Crippen LogP contribution in [0.25, 0.3) is 0 Å². The topological polar surface area (TPSA) is 63.4 Å². The van der Waals surface area contributed by atoms with Gasteiger partial charge in [-0.05, 0) is 32.1 Å². The number of hydrogen-bond donors (Lipinski definition) is 1. The Morgan fingerprint density at radius 3 is 2.21 bits per heavy atom. The Balaban J connectivity index is 2.28. The Kier molecular flexibility index (Phi) is 4.90. The first-order valence-corrected chi connectivity index (χ1v) is 9.29. The summed E-state index contributed by atoms with van der Waals surface area (Å²) < 4.78 is 27.7. The summed E-state index contributed by atoms with van der Waals surface area (Å²) in [5.41, 5.74) is 5.71. The number of sulfonamides is 1. The Morgan fingerprint density at radius 1 is 1.16 bits per heavy atom. The zero-order valence-electron chi connectivity index (χ0n) is 12.1. The third-order valence-corrected chi connectivity index (χ3v) is 7.40. The summed E-state index contributed by atoms with van der Waals surface area (Å²) >= 11 is 0. The van der Waals surface area contributed by atoms with Crippen LogP contribution in [0.2, 0.25) is 0 Å². The van der Waals surface area contributed by atoms with Crippen LogP contribution in [0, 0.1) is 0 Å². The van der Waals surface area contributed by atoms with Gasteiger partial charge in [0.25, 0.3) is 0 Å². The molecule has 4 nitrogen and oxygen atoms in total. The van der Waals surface area contributed by atoms with Gasteiger partial charge in [0.2, 0.25) is 10.0 Å². The molecule has 2 N–H and O–H groups in total. The van der Waals surface area contributed by atoms with Crippen molar-refractivity contribution in [2.24, 2.45) is 5.73 Å². The van der Waals surface area contributed by atoms with Crippen LogP contribution < -0.4 is 5.73 Å². The van der Waals surface area contributed by atoms with Crippen molar-refractivity contribution in [3.05, 3.63) is 0 Å². The first kappa shape index (κ1) is 15.3. The minimum atomic E-state index is -3.16. The van der Waals surface area contributed by atoms with Crippen LogP contribution in [0.1, 0.15) is 64.7 Å². The molecule has 0 amide bonds. The van der Waals surface area contributed by atoms with Gasteiger partial charge in [0.15, 0.2) is 0 Å². The second kappa shape index (κ2) is 6.10. The van der Waals surface area contributed by atoms with Crippen molar-refractivity contribution >= 4 is 10.0 Å². The first-order valence-electron chi connectivity index (χ1n) is 7.78. The third-order valence-electron chi connectivity index (χ3n) is 4.90. The van der Waals surface area contributed by atoms with E-state index in [2.05, 4.69) is 6.92 Å². The predicted molar refractivity (Wildman–Crippen MR) is 78.4 cm³/mol. The molecule has 0 aliphatic heterocycles. The summed E-state index contributed by atoms with van der Waals surface area (Å²) in [5.74, 6) is 0. The Labute approximate surface area is 117 Å². The van der Waals surface area contributed by atoms with E-state index < -0.39 is 10.0 Å². The molecule has 0 unspecified atom stereocenters. The maximum atomic E-state index is 12.9. The molecule has 5 heteroatoms. The van der Waals surface area contributed by atoms with Gasteiger partial charge < -0.3 is 5.73 Å². The third kappa shape index (κ3) is 2.83. The molecule has 0 spiro atoms. The van der Waals surface area contributed by atoms with E-state index >= 15 is 0 Å². The molecule has 2 fully saturated rings. The number of rotatable bonds is 6. The van der Waals surface area contributed by atoms with Crippen LogP contribution in [0.3, 0.4) is 0 Å². The molecule has 112 valence electrons. The first-order chi connectivity index (χ1) is 9.07. The van der Waals surface area contributed by atoms with E-state index in [0.717, 1.165) is 57.8 Å². The van der Waals surface area contributed by atoms with Crippen LogP contribution in [0.15, 0.2) is 0 Å². The molecule has 0 aromatic rings. The molecule has 0 aromatic carbocycles. The number of nitrogens with zero attached hydrogens (tertiary/aromatic N) is 1. The van der Waals surface area contributed by atoms with Crippen molar-refractivity contribution in [1.29, 1.82) is 0 Å². The van der Waals surface area contributed by atoms with Gasteiger partial charge in [-0.3, -0.25) is 0 Å². The lowest BCUT2D eigenvalue weighted by atomic mass is 9.98. The average Bonchev–Trinajstić information content (AvgIpc) is 3.07. The molecule has 19 heavy (non-hydrogen) atoms. The van der Waals surface area contributed by atoms with E-state index in [1.54, 1.807) is 0 Å². The van der Waals surface area contributed by atoms with Crippen LogP contribution >= 0.6 is 0 Å². The van der Waals surface area contributed by atoms with Crippen molar-refractivity contribution in [1.82, 2.24) is 4.31 Å². The maximum Gasteiger partial charge on any atom is 0.217 e. The molecule has 0 radical (unpaired) electrons. The summed E-state index contributed by atoms with van der Waals surface area (Å²) in [6, 6.07) is 0. The highest BCUT2D eigenvalue weighted by Gasteiger charge is 2.46. The van der Waals surface area contributed by atoms with Crippen molar-refractivity contribution in [3.8, 4) is 0 Å². The van der Waals surface area contributed by atoms with Gasteiger partial charge in [-0.1, -0.05) is 32.6 Å². The fourth-order valence-electron chi connectivity index (χ4n) is 3.79. The van der Waals surface area contributed by atoms with E-state index in [9.17, 15) is 8.42 Å². The van der Waals surface area contributed by atoms with Crippen molar-refractivity contribution < 1.29 is 8.42 Å². The van der Waals surface area contributed by atoms with Gasteiger partial charge in [-0.15, -0.1) is 0 Å². The lowest BCUT2D eigenvalue weighted by Gasteiger charge is -2.41. The zero-order chi connectivity index (χ0) is 13.9. The van der Waals surface area contributed by atoms with Gasteiger partial charge in [0.1, 0.15) is 0 Å². The summed E-state index contributed by atoms with van der Waals surface area (Å²) in [7, 11) is -3.16. The van der Waals surface area contributed by atoms with Crippen molar-refractivity contribution in [3.63, 3.8) is 0 Å². The summed E-state index contributed by atoms with van der Waals surface area (Å²) in [6.45, 7) is 3.16. The zero-order valence-corrected chi connectivity index (χ0v) is 12.9. The monoisotopic (exact) mass is 288 g/mol. The van der Waals surface area contributed by atoms with Crippen LogP contribution in [0.4, 0.5) is 0 Å². The quantitative estimate of drug-likeness (QED) is 0.815. The highest BCUT2D eigenvalue weighted by Crippen LogP contribution is 2.39. The number of hydrogen-bond acceptors (Lipinski definition) is 3. The molecule has 0 heterocycles. The van der Waals surface area contributed by atoms with E-state index in [0.29, 0.717) is 13.1 Å². The fraction of sp³-hybridized carbons (Fsp3) is 1.00. The summed E-state index contributed by atoms with van der Waals surface area (Å²) in [5, 5.41) is -0.150. The molecule has 2 saturated carbocycles. The molecule has 0 saturated heterocycles. The van der Waals surface area contributed by atoms with Gasteiger partial charge >= 0.3 is 0 Å². The second-order valence-corrected chi connectivity index (χ2v) is 8.30. The smallest absolute Gasteiger partial charge is 0.217 e. The lowest BCUT2D eigenvalue weighted by molar-refractivity contribution is 0.195. The fourth-order valence-corrected chi connectivity index (χ4v) is 6.31. The highest BCUT2D eigenvalue weighted by molar-refractivity contribution is 7.89. The summed E-state index contributed by atoms with van der Waals surface area (Å²) in [4.78, 5) is 0. The van der Waals surface area contributed by atoms with Gasteiger partial charge in [0, 0.05) is 18.6 Å². The second-order valence-electron chi connectivity index (χ2n) is 6.16. The Bertz CT molecular complexity index is 382. The van der Waals surface area contributed by atoms with Crippen LogP contribution in [-0.2, 0) is 10.0 Å². The van der Waals surface area contributed by atoms with E-state index in [-0.39, 0.29) is 10.8 Å². The number of nitrogens with two attached hydrogens (primary N) is 1. The van der Waals surface area contributed by atoms with Gasteiger partial charge in [-0.2, -0.15) is 4.31 Å². The SMILES string of the molecule is CCCN(C1(CN)CCCC1)S(=O)(=O)C1CCCC1. The molecular weight excluding hydrogens is 260 g/mol. The van der Waals surface area contributed by atoms with Crippen LogP contribution in [-0.4, -0.2) is 36.6 Å². The highest BCUT2D eigenvalue weighted by atomic mass is 32.2. The molecule has 2 rings (SSSR count). The predicted octanol–water partition coefficient (Wildman–Crippen LogP) is 2.24. The van der Waals surface area contributed by atoms with E-state index in [4.69, 9.17) is 5.73 Å². The van der Waals surface area contributed by atoms with Crippen molar-refractivity contribution in [2.75, 3.05) is 13.1 Å². The Hall–Kier alpha value is -0.130. The molecule has 0 aromatic heterocycles. The minimum Gasteiger partial charge on any atom is -0.329 e. The normalized spacial score (nSPS) is 24.4. The van der Waals surface area contributed by atoms with E-state index in [1.807, 2.05) is 4.31 Å².